The van der Waals surface area contributed by atoms with E-state index in [4.69, 9.17) is 4.74 Å². The molecule has 0 aromatic heterocycles. The van der Waals surface area contributed by atoms with Gasteiger partial charge >= 0.3 is 0 Å². The molecule has 21 heavy (non-hydrogen) atoms. The van der Waals surface area contributed by atoms with E-state index in [1.165, 1.54) is 15.7 Å². The second-order valence-electron chi connectivity index (χ2n) is 6.14. The van der Waals surface area contributed by atoms with Crippen LogP contribution in [0.2, 0.25) is 0 Å². The highest BCUT2D eigenvalue weighted by atomic mass is 79.9. The maximum Gasteiger partial charge on any atom is 0.0637 e. The minimum Gasteiger partial charge on any atom is -0.383 e. The average Bonchev–Trinajstić information content (AvgIpc) is 2.41. The minimum atomic E-state index is 0.496. The Morgan fingerprint density at radius 3 is 2.48 bits per heavy atom. The number of benzene rings is 1. The molecule has 0 spiro atoms. The van der Waals surface area contributed by atoms with Crippen molar-refractivity contribution in [1.82, 2.24) is 5.32 Å². The zero-order valence-corrected chi connectivity index (χ0v) is 15.5. The number of rotatable bonds is 9. The lowest BCUT2D eigenvalue weighted by Gasteiger charge is -2.27. The predicted octanol–water partition coefficient (Wildman–Crippen LogP) is 4.06. The number of hydrogen-bond acceptors (Lipinski definition) is 3. The fourth-order valence-electron chi connectivity index (χ4n) is 2.16. The molecule has 0 amide bonds. The van der Waals surface area contributed by atoms with Crippen LogP contribution in [0.25, 0.3) is 0 Å². The van der Waals surface area contributed by atoms with Gasteiger partial charge in [0.1, 0.15) is 0 Å². The molecule has 0 aliphatic heterocycles. The first-order valence-corrected chi connectivity index (χ1v) is 8.49. The van der Waals surface area contributed by atoms with Gasteiger partial charge in [0.25, 0.3) is 0 Å². The summed E-state index contributed by atoms with van der Waals surface area (Å²) in [5.74, 6) is 0.628. The first kappa shape index (κ1) is 18.5. The van der Waals surface area contributed by atoms with Crippen molar-refractivity contribution in [3.8, 4) is 0 Å². The molecule has 0 aliphatic rings. The summed E-state index contributed by atoms with van der Waals surface area (Å²) in [5, 5.41) is 3.45. The highest BCUT2D eigenvalue weighted by Gasteiger charge is 2.10. The Labute approximate surface area is 138 Å². The van der Waals surface area contributed by atoms with Crippen molar-refractivity contribution in [3.05, 3.63) is 28.2 Å². The van der Waals surface area contributed by atoms with Gasteiger partial charge in [-0.25, -0.2) is 0 Å². The smallest absolute Gasteiger partial charge is 0.0637 e. The van der Waals surface area contributed by atoms with Crippen LogP contribution in [-0.4, -0.2) is 32.8 Å². The topological polar surface area (TPSA) is 24.5 Å². The zero-order chi connectivity index (χ0) is 15.8. The first-order chi connectivity index (χ1) is 9.93. The maximum atomic E-state index is 5.23. The third kappa shape index (κ3) is 6.81. The van der Waals surface area contributed by atoms with Gasteiger partial charge in [0, 0.05) is 42.9 Å². The van der Waals surface area contributed by atoms with E-state index in [1.807, 2.05) is 0 Å². The van der Waals surface area contributed by atoms with Crippen molar-refractivity contribution >= 4 is 21.6 Å². The van der Waals surface area contributed by atoms with Gasteiger partial charge in [-0.05, 0) is 23.6 Å². The van der Waals surface area contributed by atoms with Gasteiger partial charge in [-0.15, -0.1) is 0 Å². The van der Waals surface area contributed by atoms with Crippen LogP contribution in [0, 0.1) is 5.92 Å². The van der Waals surface area contributed by atoms with Crippen molar-refractivity contribution in [1.29, 1.82) is 0 Å². The molecule has 0 unspecified atom stereocenters. The highest BCUT2D eigenvalue weighted by molar-refractivity contribution is 9.10. The van der Waals surface area contributed by atoms with Crippen LogP contribution < -0.4 is 10.2 Å². The van der Waals surface area contributed by atoms with Crippen LogP contribution in [0.3, 0.4) is 0 Å². The Morgan fingerprint density at radius 1 is 1.24 bits per heavy atom. The maximum absolute atomic E-state index is 5.23. The standard InChI is InChI=1S/C17H29BrN2O/c1-13(2)12-20(8-9-21-5)16-7-6-15(17(18)10-16)11-19-14(3)4/h6-7,10,13-14,19H,8-9,11-12H2,1-5H3. The van der Waals surface area contributed by atoms with E-state index in [1.54, 1.807) is 7.11 Å². The Balaban J connectivity index is 2.81. The van der Waals surface area contributed by atoms with Crippen molar-refractivity contribution in [3.63, 3.8) is 0 Å². The lowest BCUT2D eigenvalue weighted by atomic mass is 10.1. The molecule has 120 valence electrons. The average molecular weight is 357 g/mol. The minimum absolute atomic E-state index is 0.496. The Kier molecular flexibility index (Phi) is 8.30. The third-order valence-electron chi connectivity index (χ3n) is 3.25. The SMILES string of the molecule is COCCN(CC(C)C)c1ccc(CNC(C)C)c(Br)c1. The molecule has 1 N–H and O–H groups in total. The molecular weight excluding hydrogens is 328 g/mol. The number of nitrogens with one attached hydrogen (secondary N) is 1. The van der Waals surface area contributed by atoms with E-state index in [0.717, 1.165) is 26.2 Å². The van der Waals surface area contributed by atoms with Gasteiger partial charge in [0.05, 0.1) is 6.61 Å². The van der Waals surface area contributed by atoms with Crippen molar-refractivity contribution in [2.45, 2.75) is 40.3 Å². The van der Waals surface area contributed by atoms with E-state index >= 15 is 0 Å². The second-order valence-corrected chi connectivity index (χ2v) is 7.00. The van der Waals surface area contributed by atoms with E-state index < -0.39 is 0 Å². The molecule has 0 saturated heterocycles. The Morgan fingerprint density at radius 2 is 1.95 bits per heavy atom. The molecule has 3 nitrogen and oxygen atoms in total. The third-order valence-corrected chi connectivity index (χ3v) is 3.99. The summed E-state index contributed by atoms with van der Waals surface area (Å²) in [4.78, 5) is 2.39. The predicted molar refractivity (Wildman–Crippen MR) is 95.0 cm³/mol. The van der Waals surface area contributed by atoms with Crippen molar-refractivity contribution in [2.75, 3.05) is 31.7 Å². The van der Waals surface area contributed by atoms with E-state index in [-0.39, 0.29) is 0 Å². The summed E-state index contributed by atoms with van der Waals surface area (Å²) in [6.45, 7) is 12.4. The summed E-state index contributed by atoms with van der Waals surface area (Å²) in [6, 6.07) is 7.13. The lowest BCUT2D eigenvalue weighted by molar-refractivity contribution is 0.204. The molecular formula is C17H29BrN2O. The molecule has 0 saturated carbocycles. The monoisotopic (exact) mass is 356 g/mol. The Bertz CT molecular complexity index is 421. The largest absolute Gasteiger partial charge is 0.383 e. The molecule has 0 aliphatic carbocycles. The van der Waals surface area contributed by atoms with Gasteiger partial charge in [0.15, 0.2) is 0 Å². The molecule has 0 radical (unpaired) electrons. The van der Waals surface area contributed by atoms with Gasteiger partial charge in [-0.1, -0.05) is 49.7 Å². The lowest BCUT2D eigenvalue weighted by Crippen LogP contribution is -2.31. The number of hydrogen-bond donors (Lipinski definition) is 1. The van der Waals surface area contributed by atoms with Crippen molar-refractivity contribution in [2.24, 2.45) is 5.92 Å². The summed E-state index contributed by atoms with van der Waals surface area (Å²) in [7, 11) is 1.75. The summed E-state index contributed by atoms with van der Waals surface area (Å²) in [5.41, 5.74) is 2.55. The van der Waals surface area contributed by atoms with Gasteiger partial charge in [0.2, 0.25) is 0 Å². The van der Waals surface area contributed by atoms with Crippen molar-refractivity contribution < 1.29 is 4.74 Å². The van der Waals surface area contributed by atoms with Gasteiger partial charge in [-0.2, -0.15) is 0 Å². The molecule has 4 heteroatoms. The molecule has 0 atom stereocenters. The molecule has 0 fully saturated rings. The van der Waals surface area contributed by atoms with E-state index in [9.17, 15) is 0 Å². The Hall–Kier alpha value is -0.580. The number of nitrogens with zero attached hydrogens (tertiary/aromatic N) is 1. The summed E-state index contributed by atoms with van der Waals surface area (Å²) >= 11 is 3.70. The molecule has 1 aromatic carbocycles. The molecule has 1 rings (SSSR count). The van der Waals surface area contributed by atoms with E-state index in [0.29, 0.717) is 12.0 Å². The second kappa shape index (κ2) is 9.44. The molecule has 0 bridgehead atoms. The number of ether oxygens (including phenoxy) is 1. The van der Waals surface area contributed by atoms with Crippen LogP contribution in [0.1, 0.15) is 33.3 Å². The van der Waals surface area contributed by atoms with Gasteiger partial charge in [-0.3, -0.25) is 0 Å². The number of methoxy groups -OCH3 is 1. The zero-order valence-electron chi connectivity index (χ0n) is 13.9. The first-order valence-electron chi connectivity index (χ1n) is 7.69. The van der Waals surface area contributed by atoms with Gasteiger partial charge < -0.3 is 15.0 Å². The van der Waals surface area contributed by atoms with E-state index in [2.05, 4.69) is 72.0 Å². The number of halogens is 1. The van der Waals surface area contributed by atoms with Crippen LogP contribution in [0.4, 0.5) is 5.69 Å². The summed E-state index contributed by atoms with van der Waals surface area (Å²) in [6.07, 6.45) is 0. The van der Waals surface area contributed by atoms with Crippen LogP contribution in [-0.2, 0) is 11.3 Å². The van der Waals surface area contributed by atoms with Crippen LogP contribution in [0.15, 0.2) is 22.7 Å². The summed E-state index contributed by atoms with van der Waals surface area (Å²) < 4.78 is 6.40. The van der Waals surface area contributed by atoms with Crippen LogP contribution >= 0.6 is 15.9 Å². The fourth-order valence-corrected chi connectivity index (χ4v) is 2.67. The number of anilines is 1. The highest BCUT2D eigenvalue weighted by Crippen LogP contribution is 2.25. The van der Waals surface area contributed by atoms with Crippen LogP contribution in [0.5, 0.6) is 0 Å². The quantitative estimate of drug-likeness (QED) is 0.721. The molecule has 0 heterocycles. The molecule has 1 aromatic rings. The fraction of sp³-hybridized carbons (Fsp3) is 0.647. The normalized spacial score (nSPS) is 11.4.